The molecular formula is C18H13F2N3O2. The van der Waals surface area contributed by atoms with Crippen LogP contribution in [-0.4, -0.2) is 17.7 Å². The predicted molar refractivity (Wildman–Crippen MR) is 86.8 cm³/mol. The minimum absolute atomic E-state index is 0.0315. The molecule has 0 bridgehead atoms. The molecule has 1 aliphatic heterocycles. The molecule has 1 heterocycles. The standard InChI is InChI=1S/C18H13F2N3O2/c19-13-2-1-3-14(20)17(13)15-10-16(25-23-15)18(24)22-12-6-4-11(5-7-12)8-9-21/h1-7,16H,8,10H2,(H,22,24)/t16-/m1/s1. The summed E-state index contributed by atoms with van der Waals surface area (Å²) in [7, 11) is 0. The van der Waals surface area contributed by atoms with E-state index in [1.54, 1.807) is 24.3 Å². The Morgan fingerprint density at radius 2 is 1.92 bits per heavy atom. The highest BCUT2D eigenvalue weighted by molar-refractivity contribution is 6.06. The average molecular weight is 341 g/mol. The van der Waals surface area contributed by atoms with Crippen LogP contribution in [0.3, 0.4) is 0 Å². The van der Waals surface area contributed by atoms with Gasteiger partial charge < -0.3 is 10.2 Å². The second kappa shape index (κ2) is 7.09. The van der Waals surface area contributed by atoms with Gasteiger partial charge in [0.15, 0.2) is 0 Å². The van der Waals surface area contributed by atoms with Gasteiger partial charge in [-0.2, -0.15) is 5.26 Å². The largest absolute Gasteiger partial charge is 0.382 e. The van der Waals surface area contributed by atoms with Crippen LogP contribution in [0.1, 0.15) is 17.5 Å². The fourth-order valence-corrected chi connectivity index (χ4v) is 2.46. The number of carbonyl (C=O) groups excluding carboxylic acids is 1. The molecule has 1 amide bonds. The van der Waals surface area contributed by atoms with Crippen molar-refractivity contribution in [2.75, 3.05) is 5.32 Å². The predicted octanol–water partition coefficient (Wildman–Crippen LogP) is 3.16. The maximum atomic E-state index is 13.8. The Balaban J connectivity index is 1.65. The molecule has 1 atom stereocenters. The summed E-state index contributed by atoms with van der Waals surface area (Å²) >= 11 is 0. The lowest BCUT2D eigenvalue weighted by molar-refractivity contribution is -0.125. The number of benzene rings is 2. The van der Waals surface area contributed by atoms with Crippen LogP contribution in [0.2, 0.25) is 0 Å². The number of nitrogens with one attached hydrogen (secondary N) is 1. The first-order valence-electron chi connectivity index (χ1n) is 7.52. The van der Waals surface area contributed by atoms with Crippen molar-refractivity contribution in [3.63, 3.8) is 0 Å². The van der Waals surface area contributed by atoms with Crippen LogP contribution in [0.25, 0.3) is 0 Å². The third-order valence-electron chi connectivity index (χ3n) is 3.72. The number of carbonyl (C=O) groups is 1. The van der Waals surface area contributed by atoms with Crippen LogP contribution in [-0.2, 0) is 16.1 Å². The van der Waals surface area contributed by atoms with Crippen molar-refractivity contribution < 1.29 is 18.4 Å². The van der Waals surface area contributed by atoms with Crippen molar-refractivity contribution in [2.24, 2.45) is 5.16 Å². The van der Waals surface area contributed by atoms with E-state index in [1.807, 2.05) is 6.07 Å². The van der Waals surface area contributed by atoms with Gasteiger partial charge in [0.2, 0.25) is 6.10 Å². The lowest BCUT2D eigenvalue weighted by Crippen LogP contribution is -2.28. The molecular weight excluding hydrogens is 328 g/mol. The third-order valence-corrected chi connectivity index (χ3v) is 3.72. The van der Waals surface area contributed by atoms with E-state index >= 15 is 0 Å². The van der Waals surface area contributed by atoms with Crippen LogP contribution in [0.5, 0.6) is 0 Å². The van der Waals surface area contributed by atoms with Crippen molar-refractivity contribution in [2.45, 2.75) is 18.9 Å². The lowest BCUT2D eigenvalue weighted by Gasteiger charge is -2.10. The summed E-state index contributed by atoms with van der Waals surface area (Å²) in [5, 5.41) is 14.9. The minimum Gasteiger partial charge on any atom is -0.382 e. The van der Waals surface area contributed by atoms with E-state index in [0.717, 1.165) is 17.7 Å². The molecule has 0 spiro atoms. The molecule has 1 aliphatic rings. The fraction of sp³-hybridized carbons (Fsp3) is 0.167. The highest BCUT2D eigenvalue weighted by Crippen LogP contribution is 2.22. The Labute approximate surface area is 142 Å². The van der Waals surface area contributed by atoms with Gasteiger partial charge in [-0.25, -0.2) is 8.78 Å². The highest BCUT2D eigenvalue weighted by Gasteiger charge is 2.31. The Morgan fingerprint density at radius 1 is 1.24 bits per heavy atom. The maximum absolute atomic E-state index is 13.8. The first-order chi connectivity index (χ1) is 12.1. The van der Waals surface area contributed by atoms with Gasteiger partial charge in [0, 0.05) is 12.1 Å². The summed E-state index contributed by atoms with van der Waals surface area (Å²) in [5.74, 6) is -1.98. The zero-order valence-corrected chi connectivity index (χ0v) is 13.0. The molecule has 0 radical (unpaired) electrons. The summed E-state index contributed by atoms with van der Waals surface area (Å²) in [5.41, 5.74) is 1.14. The fourth-order valence-electron chi connectivity index (χ4n) is 2.46. The molecule has 126 valence electrons. The molecule has 0 saturated heterocycles. The van der Waals surface area contributed by atoms with E-state index in [2.05, 4.69) is 10.5 Å². The summed E-state index contributed by atoms with van der Waals surface area (Å²) in [6.45, 7) is 0. The Kier molecular flexibility index (Phi) is 4.70. The van der Waals surface area contributed by atoms with E-state index in [0.29, 0.717) is 5.69 Å². The lowest BCUT2D eigenvalue weighted by atomic mass is 10.0. The number of oxime groups is 1. The van der Waals surface area contributed by atoms with E-state index in [-0.39, 0.29) is 24.1 Å². The number of amides is 1. The van der Waals surface area contributed by atoms with Gasteiger partial charge >= 0.3 is 0 Å². The number of hydrogen-bond acceptors (Lipinski definition) is 4. The van der Waals surface area contributed by atoms with Crippen molar-refractivity contribution >= 4 is 17.3 Å². The summed E-state index contributed by atoms with van der Waals surface area (Å²) < 4.78 is 27.6. The maximum Gasteiger partial charge on any atom is 0.268 e. The van der Waals surface area contributed by atoms with E-state index in [1.165, 1.54) is 6.07 Å². The Morgan fingerprint density at radius 3 is 2.56 bits per heavy atom. The second-order valence-corrected chi connectivity index (χ2v) is 5.45. The molecule has 0 unspecified atom stereocenters. The quantitative estimate of drug-likeness (QED) is 0.928. The molecule has 7 heteroatoms. The van der Waals surface area contributed by atoms with E-state index < -0.39 is 23.6 Å². The first-order valence-corrected chi connectivity index (χ1v) is 7.52. The van der Waals surface area contributed by atoms with Gasteiger partial charge in [0.1, 0.15) is 11.6 Å². The topological polar surface area (TPSA) is 74.5 Å². The highest BCUT2D eigenvalue weighted by atomic mass is 19.1. The second-order valence-electron chi connectivity index (χ2n) is 5.45. The van der Waals surface area contributed by atoms with E-state index in [4.69, 9.17) is 10.1 Å². The molecule has 2 aromatic rings. The van der Waals surface area contributed by atoms with Crippen LogP contribution in [0.4, 0.5) is 14.5 Å². The number of rotatable bonds is 4. The van der Waals surface area contributed by atoms with Gasteiger partial charge in [0.05, 0.1) is 23.8 Å². The smallest absolute Gasteiger partial charge is 0.268 e. The number of nitrogens with zero attached hydrogens (tertiary/aromatic N) is 2. The average Bonchev–Trinajstić information content (AvgIpc) is 3.06. The van der Waals surface area contributed by atoms with Crippen molar-refractivity contribution in [3.8, 4) is 6.07 Å². The van der Waals surface area contributed by atoms with Crippen LogP contribution in [0.15, 0.2) is 47.6 Å². The minimum atomic E-state index is -0.965. The molecule has 0 aromatic heterocycles. The van der Waals surface area contributed by atoms with Crippen LogP contribution < -0.4 is 5.32 Å². The molecule has 0 fully saturated rings. The monoisotopic (exact) mass is 341 g/mol. The van der Waals surface area contributed by atoms with Crippen molar-refractivity contribution in [3.05, 3.63) is 65.2 Å². The molecule has 0 saturated carbocycles. The van der Waals surface area contributed by atoms with Crippen molar-refractivity contribution in [1.82, 2.24) is 0 Å². The zero-order chi connectivity index (χ0) is 17.8. The SMILES string of the molecule is N#CCc1ccc(NC(=O)[C@H]2CC(c3c(F)cccc3F)=NO2)cc1. The molecule has 2 aromatic carbocycles. The number of anilines is 1. The normalized spacial score (nSPS) is 15.9. The summed E-state index contributed by atoms with van der Waals surface area (Å²) in [6, 6.07) is 12.3. The van der Waals surface area contributed by atoms with Gasteiger partial charge in [-0.05, 0) is 29.8 Å². The summed E-state index contributed by atoms with van der Waals surface area (Å²) in [6.07, 6.45) is -0.713. The van der Waals surface area contributed by atoms with Crippen LogP contribution in [0, 0.1) is 23.0 Å². The number of hydrogen-bond donors (Lipinski definition) is 1. The number of halogens is 2. The van der Waals surface area contributed by atoms with Crippen molar-refractivity contribution in [1.29, 1.82) is 5.26 Å². The molecule has 0 aliphatic carbocycles. The van der Waals surface area contributed by atoms with Gasteiger partial charge in [-0.1, -0.05) is 23.4 Å². The first kappa shape index (κ1) is 16.6. The summed E-state index contributed by atoms with van der Waals surface area (Å²) in [4.78, 5) is 17.2. The molecule has 5 nitrogen and oxygen atoms in total. The van der Waals surface area contributed by atoms with Gasteiger partial charge in [-0.15, -0.1) is 0 Å². The number of nitriles is 1. The van der Waals surface area contributed by atoms with Gasteiger partial charge in [-0.3, -0.25) is 4.79 Å². The van der Waals surface area contributed by atoms with Gasteiger partial charge in [0.25, 0.3) is 5.91 Å². The van der Waals surface area contributed by atoms with E-state index in [9.17, 15) is 13.6 Å². The Hall–Kier alpha value is -3.27. The zero-order valence-electron chi connectivity index (χ0n) is 13.0. The Bertz CT molecular complexity index is 853. The van der Waals surface area contributed by atoms with Crippen LogP contribution >= 0.6 is 0 Å². The molecule has 25 heavy (non-hydrogen) atoms. The third kappa shape index (κ3) is 3.63. The molecule has 1 N–H and O–H groups in total. The molecule has 3 rings (SSSR count).